The molecule has 0 aromatic carbocycles. The molecule has 0 spiro atoms. The molecule has 8 atom stereocenters. The van der Waals surface area contributed by atoms with Crippen molar-refractivity contribution < 1.29 is 19.2 Å². The number of carbonyl (C=O) groups is 4. The van der Waals surface area contributed by atoms with Crippen molar-refractivity contribution >= 4 is 23.5 Å². The van der Waals surface area contributed by atoms with E-state index in [-0.39, 0.29) is 41.1 Å². The van der Waals surface area contributed by atoms with Crippen LogP contribution in [0.1, 0.15) is 92.4 Å². The van der Waals surface area contributed by atoms with Crippen LogP contribution in [0, 0.1) is 46.3 Å². The van der Waals surface area contributed by atoms with Crippen LogP contribution in [0.5, 0.6) is 0 Å². The molecular formula is C36H58N6O4. The van der Waals surface area contributed by atoms with Crippen LogP contribution in [0.15, 0.2) is 12.4 Å². The lowest BCUT2D eigenvalue weighted by Gasteiger charge is -2.38. The fourth-order valence-electron chi connectivity index (χ4n) is 9.75. The molecule has 6 rings (SSSR count). The van der Waals surface area contributed by atoms with Gasteiger partial charge in [-0.2, -0.15) is 0 Å². The van der Waals surface area contributed by atoms with Gasteiger partial charge in [0.1, 0.15) is 12.1 Å². The van der Waals surface area contributed by atoms with Crippen LogP contribution in [0.25, 0.3) is 0 Å². The summed E-state index contributed by atoms with van der Waals surface area (Å²) in [5, 5.41) is 16.3. The van der Waals surface area contributed by atoms with Gasteiger partial charge in [0.15, 0.2) is 0 Å². The van der Waals surface area contributed by atoms with E-state index in [0.29, 0.717) is 36.5 Å². The maximum atomic E-state index is 14.6. The molecule has 5 aliphatic carbocycles. The first-order chi connectivity index (χ1) is 21.8. The fourth-order valence-corrected chi connectivity index (χ4v) is 9.75. The Kier molecular flexibility index (Phi) is 9.00. The Morgan fingerprint density at radius 3 is 2.15 bits per heavy atom. The van der Waals surface area contributed by atoms with Gasteiger partial charge < -0.3 is 31.5 Å². The van der Waals surface area contributed by atoms with Crippen molar-refractivity contribution in [2.45, 2.75) is 123 Å². The van der Waals surface area contributed by atoms with E-state index in [2.05, 4.69) is 47.0 Å². The lowest BCUT2D eigenvalue weighted by atomic mass is 9.80. The number of rotatable bonds is 15. The summed E-state index contributed by atoms with van der Waals surface area (Å²) in [4.78, 5) is 56.7. The summed E-state index contributed by atoms with van der Waals surface area (Å²) >= 11 is 0. The molecule has 3 amide bonds. The van der Waals surface area contributed by atoms with Gasteiger partial charge in [0, 0.05) is 30.6 Å². The summed E-state index contributed by atoms with van der Waals surface area (Å²) in [5.74, 6) is 1.81. The second kappa shape index (κ2) is 12.4. The lowest BCUT2D eigenvalue weighted by Crippen LogP contribution is -2.60. The van der Waals surface area contributed by atoms with Gasteiger partial charge in [-0.15, -0.1) is 0 Å². The Bertz CT molecular complexity index is 1230. The zero-order valence-corrected chi connectivity index (χ0v) is 28.9. The van der Waals surface area contributed by atoms with Crippen LogP contribution >= 0.6 is 0 Å². The van der Waals surface area contributed by atoms with Crippen LogP contribution in [0.2, 0.25) is 0 Å². The number of ketones is 1. The highest BCUT2D eigenvalue weighted by molar-refractivity contribution is 6.38. The van der Waals surface area contributed by atoms with Gasteiger partial charge in [-0.25, -0.2) is 0 Å². The average molecular weight is 639 g/mol. The number of likely N-dealkylation sites (tertiary alicyclic amines) is 1. The molecule has 6 aliphatic rings. The molecule has 1 heterocycles. The average Bonchev–Trinajstić information content (AvgIpc) is 3.90. The maximum Gasteiger partial charge on any atom is 0.289 e. The molecule has 10 heteroatoms. The number of likely N-dealkylation sites (N-methyl/N-ethyl adjacent to an activating group) is 1. The molecule has 0 aromatic rings. The van der Waals surface area contributed by atoms with Crippen LogP contribution < -0.4 is 26.6 Å². The quantitative estimate of drug-likeness (QED) is 0.174. The van der Waals surface area contributed by atoms with Gasteiger partial charge in [-0.05, 0) is 80.1 Å². The van der Waals surface area contributed by atoms with Gasteiger partial charge >= 0.3 is 0 Å². The van der Waals surface area contributed by atoms with Crippen molar-refractivity contribution in [2.24, 2.45) is 46.3 Å². The van der Waals surface area contributed by atoms with Gasteiger partial charge in [-0.3, -0.25) is 19.2 Å². The third-order valence-corrected chi connectivity index (χ3v) is 12.8. The van der Waals surface area contributed by atoms with Gasteiger partial charge in [0.25, 0.3) is 5.91 Å². The summed E-state index contributed by atoms with van der Waals surface area (Å²) < 4.78 is 0. The summed E-state index contributed by atoms with van der Waals surface area (Å²) in [5.41, 5.74) is -0.170. The molecule has 5 N–H and O–H groups in total. The Balaban J connectivity index is 1.17. The highest BCUT2D eigenvalue weighted by atomic mass is 16.2. The Morgan fingerprint density at radius 1 is 0.935 bits per heavy atom. The number of hydrogen-bond donors (Lipinski definition) is 5. The predicted molar refractivity (Wildman–Crippen MR) is 177 cm³/mol. The molecule has 6 fully saturated rings. The van der Waals surface area contributed by atoms with E-state index in [1.54, 1.807) is 4.90 Å². The second-order valence-corrected chi connectivity index (χ2v) is 16.8. The monoisotopic (exact) mass is 638 g/mol. The Morgan fingerprint density at radius 2 is 1.61 bits per heavy atom. The topological polar surface area (TPSA) is 132 Å². The summed E-state index contributed by atoms with van der Waals surface area (Å²) in [7, 11) is 1.97. The highest BCUT2D eigenvalue weighted by Gasteiger charge is 2.84. The van der Waals surface area contributed by atoms with E-state index >= 15 is 0 Å². The van der Waals surface area contributed by atoms with Crippen LogP contribution in [0.4, 0.5) is 0 Å². The molecule has 0 aromatic heterocycles. The Hall–Kier alpha value is -2.62. The standard InChI is InChI=1S/C36H58N6O4/c1-19-28-20(2)36(19,28)27(17-37-7)38-21(3)39-31(35(4,5)6)34(46)42-18-23-12-9-13-25(23)29(42)32(44)41-26(16-22-10-8-11-22)30(43)33(45)40-24-14-15-24/h19-20,22-29,31,37-39H,3,8-18H2,1-2,4-7H3,(H,40,45)(H,41,44)/t19?,20?,23-,25-,26?,27+,28?,29-,31+,36?/m0/s1. The van der Waals surface area contributed by atoms with Crippen molar-refractivity contribution in [3.8, 4) is 0 Å². The summed E-state index contributed by atoms with van der Waals surface area (Å²) in [6.07, 6.45) is 8.28. The lowest BCUT2D eigenvalue weighted by molar-refractivity contribution is -0.145. The summed E-state index contributed by atoms with van der Waals surface area (Å²) in [6.45, 7) is 16.4. The van der Waals surface area contributed by atoms with Crippen molar-refractivity contribution in [3.05, 3.63) is 12.4 Å². The SMILES string of the molecule is C=C(N[C@H](C(=O)N1C[C@@H]2CCC[C@@H]2[C@H]1C(=O)NC(CC1CCC1)C(=O)C(=O)NC1CC1)C(C)(C)C)N[C@H](CNC)C12C(C)C1C2C. The zero-order chi connectivity index (χ0) is 33.1. The largest absolute Gasteiger partial charge is 0.368 e. The number of fused-ring (bicyclic) bond motifs is 2. The van der Waals surface area contributed by atoms with Gasteiger partial charge in [0.2, 0.25) is 17.6 Å². The first-order valence-corrected chi connectivity index (χ1v) is 18.1. The van der Waals surface area contributed by atoms with E-state index < -0.39 is 35.2 Å². The van der Waals surface area contributed by atoms with E-state index in [4.69, 9.17) is 0 Å². The Labute approximate surface area is 275 Å². The van der Waals surface area contributed by atoms with Gasteiger partial charge in [-0.1, -0.05) is 66.9 Å². The molecule has 256 valence electrons. The summed E-state index contributed by atoms with van der Waals surface area (Å²) in [6, 6.07) is -1.84. The van der Waals surface area contributed by atoms with Crippen molar-refractivity contribution in [2.75, 3.05) is 20.1 Å². The number of nitrogens with zero attached hydrogens (tertiary/aromatic N) is 1. The second-order valence-electron chi connectivity index (χ2n) is 16.8. The third kappa shape index (κ3) is 6.08. The molecular weight excluding hydrogens is 580 g/mol. The zero-order valence-electron chi connectivity index (χ0n) is 28.9. The minimum absolute atomic E-state index is 0.0504. The van der Waals surface area contributed by atoms with E-state index in [9.17, 15) is 19.2 Å². The molecule has 0 bridgehead atoms. The third-order valence-electron chi connectivity index (χ3n) is 12.8. The number of Topliss-reactive ketones (excluding diaryl/α,β-unsaturated/α-hetero) is 1. The first kappa shape index (κ1) is 33.3. The first-order valence-electron chi connectivity index (χ1n) is 18.1. The van der Waals surface area contributed by atoms with Crippen LogP contribution in [-0.4, -0.2) is 78.8 Å². The maximum absolute atomic E-state index is 14.6. The predicted octanol–water partition coefficient (Wildman–Crippen LogP) is 2.69. The molecule has 1 aliphatic heterocycles. The van der Waals surface area contributed by atoms with Gasteiger partial charge in [0.05, 0.1) is 11.9 Å². The number of hydrogen-bond acceptors (Lipinski definition) is 7. The number of carbonyl (C=O) groups excluding carboxylic acids is 4. The minimum atomic E-state index is -0.864. The van der Waals surface area contributed by atoms with Crippen molar-refractivity contribution in [1.82, 2.24) is 31.5 Å². The van der Waals surface area contributed by atoms with Crippen LogP contribution in [-0.2, 0) is 19.2 Å². The smallest absolute Gasteiger partial charge is 0.289 e. The highest BCUT2D eigenvalue weighted by Crippen LogP contribution is 2.85. The van der Waals surface area contributed by atoms with E-state index in [1.807, 2.05) is 27.8 Å². The normalized spacial score (nSPS) is 34.7. The fraction of sp³-hybridized carbons (Fsp3) is 0.833. The molecule has 3 unspecified atom stereocenters. The van der Waals surface area contributed by atoms with Crippen molar-refractivity contribution in [3.63, 3.8) is 0 Å². The van der Waals surface area contributed by atoms with E-state index in [0.717, 1.165) is 63.8 Å². The molecule has 0 radical (unpaired) electrons. The minimum Gasteiger partial charge on any atom is -0.368 e. The number of nitrogens with one attached hydrogen (secondary N) is 5. The molecule has 46 heavy (non-hydrogen) atoms. The number of amides is 3. The molecule has 5 saturated carbocycles. The van der Waals surface area contributed by atoms with E-state index in [1.165, 1.54) is 0 Å². The van der Waals surface area contributed by atoms with Crippen molar-refractivity contribution in [1.29, 1.82) is 0 Å². The molecule has 1 saturated heterocycles. The molecule has 10 nitrogen and oxygen atoms in total. The van der Waals surface area contributed by atoms with Crippen LogP contribution in [0.3, 0.4) is 0 Å².